The summed E-state index contributed by atoms with van der Waals surface area (Å²) in [5.74, 6) is -0.293. The Labute approximate surface area is 97.9 Å². The summed E-state index contributed by atoms with van der Waals surface area (Å²) in [4.78, 5) is 11.0. The van der Waals surface area contributed by atoms with Gasteiger partial charge in [-0.15, -0.1) is 0 Å². The molecule has 100 valence electrons. The molecule has 0 bridgehead atoms. The van der Waals surface area contributed by atoms with Crippen molar-refractivity contribution in [1.82, 2.24) is 10.6 Å². The summed E-state index contributed by atoms with van der Waals surface area (Å²) in [5.41, 5.74) is 0. The van der Waals surface area contributed by atoms with Gasteiger partial charge in [0.1, 0.15) is 6.54 Å². The maximum atomic E-state index is 11.8. The van der Waals surface area contributed by atoms with Gasteiger partial charge in [-0.3, -0.25) is 4.79 Å². The number of nitrogens with one attached hydrogen (secondary N) is 2. The first-order valence-corrected chi connectivity index (χ1v) is 5.59. The first-order valence-electron chi connectivity index (χ1n) is 5.59. The third kappa shape index (κ3) is 7.17. The largest absolute Gasteiger partial charge is 0.405 e. The van der Waals surface area contributed by atoms with Crippen molar-refractivity contribution in [2.45, 2.75) is 19.0 Å². The van der Waals surface area contributed by atoms with Gasteiger partial charge in [0.05, 0.1) is 13.2 Å². The van der Waals surface area contributed by atoms with Crippen molar-refractivity contribution in [3.8, 4) is 0 Å². The second kappa shape index (κ2) is 6.80. The molecule has 1 amide bonds. The van der Waals surface area contributed by atoms with Gasteiger partial charge < -0.3 is 15.4 Å². The highest BCUT2D eigenvalue weighted by Gasteiger charge is 2.27. The van der Waals surface area contributed by atoms with Crippen LogP contribution in [0, 0.1) is 5.92 Å². The van der Waals surface area contributed by atoms with Gasteiger partial charge in [0.25, 0.3) is 0 Å². The fourth-order valence-electron chi connectivity index (χ4n) is 1.62. The van der Waals surface area contributed by atoms with Crippen molar-refractivity contribution < 1.29 is 22.7 Å². The third-order valence-electron chi connectivity index (χ3n) is 2.46. The van der Waals surface area contributed by atoms with E-state index in [0.717, 1.165) is 19.4 Å². The standard InChI is InChI=1S/C10H17F3N2O2/c11-10(12,13)7-15-9(16)5-14-4-8-2-1-3-17-6-8/h8,14H,1-7H2,(H,15,16). The van der Waals surface area contributed by atoms with E-state index in [1.165, 1.54) is 0 Å². The zero-order valence-electron chi connectivity index (χ0n) is 9.48. The van der Waals surface area contributed by atoms with Gasteiger partial charge in [0, 0.05) is 13.2 Å². The van der Waals surface area contributed by atoms with Crippen LogP contribution in [0.1, 0.15) is 12.8 Å². The van der Waals surface area contributed by atoms with Crippen LogP contribution in [0.3, 0.4) is 0 Å². The van der Waals surface area contributed by atoms with E-state index in [2.05, 4.69) is 5.32 Å². The Morgan fingerprint density at radius 2 is 2.18 bits per heavy atom. The average Bonchev–Trinajstić information content (AvgIpc) is 2.27. The minimum absolute atomic E-state index is 0.0907. The van der Waals surface area contributed by atoms with Crippen LogP contribution in [0.15, 0.2) is 0 Å². The minimum atomic E-state index is -4.35. The molecular weight excluding hydrogens is 237 g/mol. The Kier molecular flexibility index (Phi) is 5.70. The first-order chi connectivity index (χ1) is 7.97. The van der Waals surface area contributed by atoms with Crippen LogP contribution in [0.25, 0.3) is 0 Å². The van der Waals surface area contributed by atoms with Crippen LogP contribution in [0.4, 0.5) is 13.2 Å². The van der Waals surface area contributed by atoms with Crippen molar-refractivity contribution in [3.05, 3.63) is 0 Å². The molecule has 1 aliphatic rings. The van der Waals surface area contributed by atoms with E-state index in [-0.39, 0.29) is 6.54 Å². The number of amides is 1. The topological polar surface area (TPSA) is 50.4 Å². The van der Waals surface area contributed by atoms with Crippen LogP contribution in [0.2, 0.25) is 0 Å². The van der Waals surface area contributed by atoms with E-state index < -0.39 is 18.6 Å². The number of carbonyl (C=O) groups is 1. The predicted octanol–water partition coefficient (Wildman–Crippen LogP) is 0.681. The molecule has 17 heavy (non-hydrogen) atoms. The van der Waals surface area contributed by atoms with E-state index in [1.807, 2.05) is 0 Å². The average molecular weight is 254 g/mol. The Morgan fingerprint density at radius 1 is 1.41 bits per heavy atom. The van der Waals surface area contributed by atoms with Crippen LogP contribution in [-0.2, 0) is 9.53 Å². The van der Waals surface area contributed by atoms with Crippen molar-refractivity contribution in [3.63, 3.8) is 0 Å². The van der Waals surface area contributed by atoms with Gasteiger partial charge >= 0.3 is 6.18 Å². The van der Waals surface area contributed by atoms with Gasteiger partial charge in [0.15, 0.2) is 0 Å². The van der Waals surface area contributed by atoms with E-state index in [9.17, 15) is 18.0 Å². The number of alkyl halides is 3. The molecule has 4 nitrogen and oxygen atoms in total. The smallest absolute Gasteiger partial charge is 0.381 e. The number of hydrogen-bond donors (Lipinski definition) is 2. The Morgan fingerprint density at radius 3 is 2.76 bits per heavy atom. The fraction of sp³-hybridized carbons (Fsp3) is 0.900. The molecule has 1 fully saturated rings. The van der Waals surface area contributed by atoms with Gasteiger partial charge in [-0.05, 0) is 18.8 Å². The van der Waals surface area contributed by atoms with Gasteiger partial charge in [-0.2, -0.15) is 13.2 Å². The first kappa shape index (κ1) is 14.2. The van der Waals surface area contributed by atoms with Crippen LogP contribution < -0.4 is 10.6 Å². The molecule has 0 spiro atoms. The normalized spacial score (nSPS) is 21.2. The highest BCUT2D eigenvalue weighted by Crippen LogP contribution is 2.12. The lowest BCUT2D eigenvalue weighted by molar-refractivity contribution is -0.137. The summed E-state index contributed by atoms with van der Waals surface area (Å²) in [5, 5.41) is 4.63. The van der Waals surface area contributed by atoms with Crippen molar-refractivity contribution >= 4 is 5.91 Å². The molecule has 0 aromatic rings. The zero-order chi connectivity index (χ0) is 12.7. The maximum Gasteiger partial charge on any atom is 0.405 e. The molecule has 1 unspecified atom stereocenters. The van der Waals surface area contributed by atoms with Crippen LogP contribution in [-0.4, -0.2) is 44.9 Å². The lowest BCUT2D eigenvalue weighted by Crippen LogP contribution is -2.41. The van der Waals surface area contributed by atoms with E-state index in [4.69, 9.17) is 4.74 Å². The van der Waals surface area contributed by atoms with E-state index in [0.29, 0.717) is 19.1 Å². The van der Waals surface area contributed by atoms with Crippen molar-refractivity contribution in [2.75, 3.05) is 32.8 Å². The van der Waals surface area contributed by atoms with Gasteiger partial charge in [0.2, 0.25) is 5.91 Å². The molecule has 1 aliphatic heterocycles. The van der Waals surface area contributed by atoms with Gasteiger partial charge in [-0.25, -0.2) is 0 Å². The van der Waals surface area contributed by atoms with Gasteiger partial charge in [-0.1, -0.05) is 0 Å². The second-order valence-electron chi connectivity index (χ2n) is 4.11. The molecule has 1 heterocycles. The highest BCUT2D eigenvalue weighted by molar-refractivity contribution is 5.77. The zero-order valence-corrected chi connectivity index (χ0v) is 9.48. The summed E-state index contributed by atoms with van der Waals surface area (Å²) < 4.78 is 40.6. The molecule has 0 saturated carbocycles. The number of halogens is 3. The van der Waals surface area contributed by atoms with Crippen LogP contribution >= 0.6 is 0 Å². The maximum absolute atomic E-state index is 11.8. The molecule has 0 aromatic carbocycles. The monoisotopic (exact) mass is 254 g/mol. The molecule has 0 radical (unpaired) electrons. The number of ether oxygens (including phenoxy) is 1. The summed E-state index contributed by atoms with van der Waals surface area (Å²) in [6.45, 7) is 0.645. The fourth-order valence-corrected chi connectivity index (χ4v) is 1.62. The van der Waals surface area contributed by atoms with Crippen molar-refractivity contribution in [2.24, 2.45) is 5.92 Å². The highest BCUT2D eigenvalue weighted by atomic mass is 19.4. The molecule has 0 aromatic heterocycles. The van der Waals surface area contributed by atoms with E-state index in [1.54, 1.807) is 5.32 Å². The third-order valence-corrected chi connectivity index (χ3v) is 2.46. The molecule has 1 rings (SSSR count). The lowest BCUT2D eigenvalue weighted by Gasteiger charge is -2.22. The summed E-state index contributed by atoms with van der Waals surface area (Å²) in [6.07, 6.45) is -2.34. The summed E-state index contributed by atoms with van der Waals surface area (Å²) in [7, 11) is 0. The predicted molar refractivity (Wildman–Crippen MR) is 55.5 cm³/mol. The Hall–Kier alpha value is -0.820. The summed E-state index contributed by atoms with van der Waals surface area (Å²) >= 11 is 0. The summed E-state index contributed by atoms with van der Waals surface area (Å²) in [6, 6.07) is 0. The molecule has 1 atom stereocenters. The molecule has 1 saturated heterocycles. The second-order valence-corrected chi connectivity index (χ2v) is 4.11. The number of carbonyl (C=O) groups excluding carboxylic acids is 1. The minimum Gasteiger partial charge on any atom is -0.381 e. The molecule has 0 aliphatic carbocycles. The van der Waals surface area contributed by atoms with Crippen LogP contribution in [0.5, 0.6) is 0 Å². The molecule has 2 N–H and O–H groups in total. The quantitative estimate of drug-likeness (QED) is 0.758. The molecular formula is C10H17F3N2O2. The number of rotatable bonds is 5. The Balaban J connectivity index is 2.03. The lowest BCUT2D eigenvalue weighted by atomic mass is 10.0. The van der Waals surface area contributed by atoms with Crippen molar-refractivity contribution in [1.29, 1.82) is 0 Å². The Bertz CT molecular complexity index is 240. The molecule has 7 heteroatoms. The SMILES string of the molecule is O=C(CNCC1CCCOC1)NCC(F)(F)F. The van der Waals surface area contributed by atoms with E-state index >= 15 is 0 Å². The number of hydrogen-bond acceptors (Lipinski definition) is 3.